The van der Waals surface area contributed by atoms with Crippen molar-refractivity contribution in [1.29, 1.82) is 0 Å². The van der Waals surface area contributed by atoms with Gasteiger partial charge in [-0.2, -0.15) is 0 Å². The topological polar surface area (TPSA) is 90.1 Å². The number of nitrogens with one attached hydrogen (secondary N) is 1. The van der Waals surface area contributed by atoms with Crippen LogP contribution >= 0.6 is 0 Å². The van der Waals surface area contributed by atoms with E-state index in [4.69, 9.17) is 17.2 Å². The van der Waals surface area contributed by atoms with Gasteiger partial charge in [-0.15, -0.1) is 0 Å². The second-order valence-electron chi connectivity index (χ2n) is 4.39. The maximum atomic E-state index is 5.90. The zero-order valence-corrected chi connectivity index (χ0v) is 10.4. The SMILES string of the molecule is Cc1ccc(N)cc1NCc1cc(N)ccc1N. The zero-order chi connectivity index (χ0) is 13.1. The fourth-order valence-electron chi connectivity index (χ4n) is 1.80. The lowest BCUT2D eigenvalue weighted by molar-refractivity contribution is 1.15. The third-order valence-corrected chi connectivity index (χ3v) is 2.90. The fourth-order valence-corrected chi connectivity index (χ4v) is 1.80. The van der Waals surface area contributed by atoms with Crippen LogP contribution in [0.4, 0.5) is 22.7 Å². The first kappa shape index (κ1) is 12.1. The van der Waals surface area contributed by atoms with E-state index in [9.17, 15) is 0 Å². The monoisotopic (exact) mass is 242 g/mol. The number of hydrogen-bond acceptors (Lipinski definition) is 4. The van der Waals surface area contributed by atoms with Crippen LogP contribution < -0.4 is 22.5 Å². The highest BCUT2D eigenvalue weighted by Crippen LogP contribution is 2.21. The van der Waals surface area contributed by atoms with E-state index in [1.807, 2.05) is 37.3 Å². The van der Waals surface area contributed by atoms with E-state index < -0.39 is 0 Å². The molecule has 0 heterocycles. The molecule has 7 N–H and O–H groups in total. The van der Waals surface area contributed by atoms with E-state index in [0.29, 0.717) is 12.2 Å². The summed E-state index contributed by atoms with van der Waals surface area (Å²) in [5.41, 5.74) is 22.7. The molecule has 2 aromatic rings. The van der Waals surface area contributed by atoms with Crippen LogP contribution in [0, 0.1) is 6.92 Å². The molecule has 0 radical (unpaired) electrons. The van der Waals surface area contributed by atoms with Crippen LogP contribution in [0.1, 0.15) is 11.1 Å². The second kappa shape index (κ2) is 4.87. The summed E-state index contributed by atoms with van der Waals surface area (Å²) in [4.78, 5) is 0. The molecule has 0 saturated carbocycles. The van der Waals surface area contributed by atoms with Crippen molar-refractivity contribution in [3.63, 3.8) is 0 Å². The van der Waals surface area contributed by atoms with E-state index in [1.165, 1.54) is 0 Å². The summed E-state index contributed by atoms with van der Waals surface area (Å²) in [6.45, 7) is 2.66. The lowest BCUT2D eigenvalue weighted by Crippen LogP contribution is -2.05. The number of benzene rings is 2. The molecule has 0 aromatic heterocycles. The molecule has 0 atom stereocenters. The van der Waals surface area contributed by atoms with Crippen molar-refractivity contribution >= 4 is 22.7 Å². The van der Waals surface area contributed by atoms with Crippen molar-refractivity contribution in [2.75, 3.05) is 22.5 Å². The molecule has 0 fully saturated rings. The fraction of sp³-hybridized carbons (Fsp3) is 0.143. The van der Waals surface area contributed by atoms with Gasteiger partial charge in [-0.1, -0.05) is 6.07 Å². The van der Waals surface area contributed by atoms with Crippen LogP contribution in [0.5, 0.6) is 0 Å². The Balaban J connectivity index is 2.16. The van der Waals surface area contributed by atoms with Crippen molar-refractivity contribution < 1.29 is 0 Å². The van der Waals surface area contributed by atoms with Crippen molar-refractivity contribution in [2.24, 2.45) is 0 Å². The van der Waals surface area contributed by atoms with Gasteiger partial charge in [-0.25, -0.2) is 0 Å². The molecule has 4 heteroatoms. The van der Waals surface area contributed by atoms with Crippen LogP contribution in [0.3, 0.4) is 0 Å². The van der Waals surface area contributed by atoms with Gasteiger partial charge in [0.05, 0.1) is 0 Å². The van der Waals surface area contributed by atoms with Crippen LogP contribution in [0.2, 0.25) is 0 Å². The van der Waals surface area contributed by atoms with Gasteiger partial charge in [0.2, 0.25) is 0 Å². The number of rotatable bonds is 3. The van der Waals surface area contributed by atoms with Gasteiger partial charge in [-0.3, -0.25) is 0 Å². The Hall–Kier alpha value is -2.36. The standard InChI is InChI=1S/C14H18N4/c1-9-2-3-12(16)7-14(9)18-8-10-6-11(15)4-5-13(10)17/h2-7,18H,8,15-17H2,1H3. The van der Waals surface area contributed by atoms with Gasteiger partial charge in [-0.05, 0) is 48.4 Å². The molecule has 0 aliphatic rings. The summed E-state index contributed by atoms with van der Waals surface area (Å²) in [6.07, 6.45) is 0. The average Bonchev–Trinajstić information content (AvgIpc) is 2.34. The minimum absolute atomic E-state index is 0.626. The highest BCUT2D eigenvalue weighted by molar-refractivity contribution is 5.61. The van der Waals surface area contributed by atoms with Crippen LogP contribution in [0.25, 0.3) is 0 Å². The molecule has 18 heavy (non-hydrogen) atoms. The number of hydrogen-bond donors (Lipinski definition) is 4. The summed E-state index contributed by atoms with van der Waals surface area (Å²) in [5.74, 6) is 0. The molecule has 0 aliphatic heterocycles. The Labute approximate surface area is 107 Å². The Morgan fingerprint density at radius 1 is 0.944 bits per heavy atom. The molecule has 2 rings (SSSR count). The van der Waals surface area contributed by atoms with Crippen molar-refractivity contribution in [2.45, 2.75) is 13.5 Å². The third kappa shape index (κ3) is 2.66. The maximum Gasteiger partial charge on any atom is 0.0422 e. The molecule has 2 aromatic carbocycles. The third-order valence-electron chi connectivity index (χ3n) is 2.90. The van der Waals surface area contributed by atoms with Crippen molar-refractivity contribution in [1.82, 2.24) is 0 Å². The predicted octanol–water partition coefficient (Wildman–Crippen LogP) is 2.35. The minimum Gasteiger partial charge on any atom is -0.399 e. The van der Waals surface area contributed by atoms with E-state index in [-0.39, 0.29) is 0 Å². The Morgan fingerprint density at radius 2 is 1.61 bits per heavy atom. The van der Waals surface area contributed by atoms with Gasteiger partial charge in [0, 0.05) is 29.3 Å². The predicted molar refractivity (Wildman–Crippen MR) is 78.2 cm³/mol. The molecule has 0 amide bonds. The molecule has 0 saturated heterocycles. The van der Waals surface area contributed by atoms with E-state index >= 15 is 0 Å². The lowest BCUT2D eigenvalue weighted by Gasteiger charge is -2.12. The van der Waals surface area contributed by atoms with Crippen LogP contribution in [0.15, 0.2) is 36.4 Å². The second-order valence-corrected chi connectivity index (χ2v) is 4.39. The number of anilines is 4. The highest BCUT2D eigenvalue weighted by Gasteiger charge is 2.02. The van der Waals surface area contributed by atoms with E-state index in [0.717, 1.165) is 28.2 Å². The summed E-state index contributed by atoms with van der Waals surface area (Å²) < 4.78 is 0. The first-order chi connectivity index (χ1) is 8.56. The highest BCUT2D eigenvalue weighted by atomic mass is 14.9. The van der Waals surface area contributed by atoms with Crippen LogP contribution in [-0.4, -0.2) is 0 Å². The smallest absolute Gasteiger partial charge is 0.0422 e. The summed E-state index contributed by atoms with van der Waals surface area (Å²) in [7, 11) is 0. The molecule has 0 unspecified atom stereocenters. The molecule has 94 valence electrons. The molecule has 0 bridgehead atoms. The van der Waals surface area contributed by atoms with Gasteiger partial charge in [0.1, 0.15) is 0 Å². The van der Waals surface area contributed by atoms with Gasteiger partial charge >= 0.3 is 0 Å². The zero-order valence-electron chi connectivity index (χ0n) is 10.4. The normalized spacial score (nSPS) is 10.3. The number of nitrogen functional groups attached to an aromatic ring is 3. The summed E-state index contributed by atoms with van der Waals surface area (Å²) >= 11 is 0. The maximum absolute atomic E-state index is 5.90. The Bertz CT molecular complexity index is 512. The quantitative estimate of drug-likeness (QED) is 0.622. The van der Waals surface area contributed by atoms with Crippen molar-refractivity contribution in [3.05, 3.63) is 47.5 Å². The number of aryl methyl sites for hydroxylation is 1. The number of nitrogens with two attached hydrogens (primary N) is 3. The Kier molecular flexibility index (Phi) is 3.28. The van der Waals surface area contributed by atoms with Crippen LogP contribution in [-0.2, 0) is 6.54 Å². The molecular formula is C14H18N4. The first-order valence-corrected chi connectivity index (χ1v) is 5.80. The van der Waals surface area contributed by atoms with Gasteiger partial charge < -0.3 is 22.5 Å². The van der Waals surface area contributed by atoms with Crippen molar-refractivity contribution in [3.8, 4) is 0 Å². The minimum atomic E-state index is 0.626. The van der Waals surface area contributed by atoms with Gasteiger partial charge in [0.15, 0.2) is 0 Å². The van der Waals surface area contributed by atoms with E-state index in [1.54, 1.807) is 6.07 Å². The summed E-state index contributed by atoms with van der Waals surface area (Å²) in [5, 5.41) is 3.32. The molecule has 0 spiro atoms. The first-order valence-electron chi connectivity index (χ1n) is 5.80. The average molecular weight is 242 g/mol. The summed E-state index contributed by atoms with van der Waals surface area (Å²) in [6, 6.07) is 11.3. The lowest BCUT2D eigenvalue weighted by atomic mass is 10.1. The molecular weight excluding hydrogens is 224 g/mol. The largest absolute Gasteiger partial charge is 0.399 e. The van der Waals surface area contributed by atoms with Gasteiger partial charge in [0.25, 0.3) is 0 Å². The molecule has 0 aliphatic carbocycles. The molecule has 4 nitrogen and oxygen atoms in total. The Morgan fingerprint density at radius 3 is 2.39 bits per heavy atom. The van der Waals surface area contributed by atoms with E-state index in [2.05, 4.69) is 5.32 Å².